The van der Waals surface area contributed by atoms with Crippen molar-refractivity contribution in [3.05, 3.63) is 46.2 Å². The molecule has 0 aliphatic rings. The van der Waals surface area contributed by atoms with Crippen molar-refractivity contribution in [2.45, 2.75) is 6.54 Å². The summed E-state index contributed by atoms with van der Waals surface area (Å²) in [5, 5.41) is 14.0. The van der Waals surface area contributed by atoms with E-state index in [0.717, 1.165) is 12.2 Å². The molecular formula is C12H11N3S. The Morgan fingerprint density at radius 1 is 1.38 bits per heavy atom. The molecule has 3 nitrogen and oxygen atoms in total. The Balaban J connectivity index is 2.08. The van der Waals surface area contributed by atoms with Crippen LogP contribution in [0.25, 0.3) is 0 Å². The minimum atomic E-state index is 0.583. The maximum atomic E-state index is 8.71. The average molecular weight is 229 g/mol. The summed E-state index contributed by atoms with van der Waals surface area (Å²) in [6.45, 7) is 0.758. The SMILES string of the molecule is N#Cc1ccc(NCc2cccs2)c(N)c1. The molecule has 0 bridgehead atoms. The van der Waals surface area contributed by atoms with Gasteiger partial charge in [-0.05, 0) is 29.6 Å². The molecule has 80 valence electrons. The van der Waals surface area contributed by atoms with Gasteiger partial charge in [0, 0.05) is 11.4 Å². The molecule has 0 spiro atoms. The Morgan fingerprint density at radius 3 is 2.88 bits per heavy atom. The molecule has 0 saturated heterocycles. The highest BCUT2D eigenvalue weighted by Crippen LogP contribution is 2.21. The van der Waals surface area contributed by atoms with Crippen molar-refractivity contribution in [1.29, 1.82) is 5.26 Å². The third kappa shape index (κ3) is 2.33. The smallest absolute Gasteiger partial charge is 0.0992 e. The van der Waals surface area contributed by atoms with Gasteiger partial charge in [-0.3, -0.25) is 0 Å². The molecule has 1 heterocycles. The molecule has 3 N–H and O–H groups in total. The highest BCUT2D eigenvalue weighted by atomic mass is 32.1. The molecule has 0 unspecified atom stereocenters. The molecule has 1 aromatic heterocycles. The van der Waals surface area contributed by atoms with Gasteiger partial charge in [-0.2, -0.15) is 5.26 Å². The van der Waals surface area contributed by atoms with E-state index in [1.807, 2.05) is 17.5 Å². The first-order valence-electron chi connectivity index (χ1n) is 4.85. The molecule has 0 amide bonds. The normalized spacial score (nSPS) is 9.69. The summed E-state index contributed by atoms with van der Waals surface area (Å²) in [7, 11) is 0. The Hall–Kier alpha value is -1.99. The van der Waals surface area contributed by atoms with Crippen LogP contribution in [0, 0.1) is 11.3 Å². The van der Waals surface area contributed by atoms with Gasteiger partial charge in [-0.25, -0.2) is 0 Å². The molecule has 0 atom stereocenters. The molecule has 4 heteroatoms. The van der Waals surface area contributed by atoms with Crippen LogP contribution in [0.1, 0.15) is 10.4 Å². The van der Waals surface area contributed by atoms with Crippen LogP contribution in [0.5, 0.6) is 0 Å². The maximum Gasteiger partial charge on any atom is 0.0992 e. The third-order valence-corrected chi connectivity index (χ3v) is 3.09. The molecule has 1 aromatic carbocycles. The summed E-state index contributed by atoms with van der Waals surface area (Å²) in [4.78, 5) is 1.25. The van der Waals surface area contributed by atoms with Gasteiger partial charge in [-0.15, -0.1) is 11.3 Å². The van der Waals surface area contributed by atoms with E-state index in [0.29, 0.717) is 11.3 Å². The lowest BCUT2D eigenvalue weighted by Gasteiger charge is -2.08. The van der Waals surface area contributed by atoms with Crippen LogP contribution in [0.3, 0.4) is 0 Å². The minimum absolute atomic E-state index is 0.583. The van der Waals surface area contributed by atoms with Crippen LogP contribution in [-0.2, 0) is 6.54 Å². The van der Waals surface area contributed by atoms with Crippen LogP contribution in [0.4, 0.5) is 11.4 Å². The fraction of sp³-hybridized carbons (Fsp3) is 0.0833. The van der Waals surface area contributed by atoms with Gasteiger partial charge in [0.25, 0.3) is 0 Å². The average Bonchev–Trinajstić information content (AvgIpc) is 2.80. The van der Waals surface area contributed by atoms with Crippen LogP contribution < -0.4 is 11.1 Å². The fourth-order valence-electron chi connectivity index (χ4n) is 1.39. The van der Waals surface area contributed by atoms with E-state index < -0.39 is 0 Å². The lowest BCUT2D eigenvalue weighted by Crippen LogP contribution is -2.01. The Kier molecular flexibility index (Phi) is 3.08. The van der Waals surface area contributed by atoms with E-state index in [9.17, 15) is 0 Å². The molecule has 2 rings (SSSR count). The molecule has 0 radical (unpaired) electrons. The van der Waals surface area contributed by atoms with Gasteiger partial charge < -0.3 is 11.1 Å². The minimum Gasteiger partial charge on any atom is -0.397 e. The number of hydrogen-bond donors (Lipinski definition) is 2. The number of benzene rings is 1. The number of anilines is 2. The zero-order valence-corrected chi connectivity index (χ0v) is 9.42. The predicted octanol–water partition coefficient (Wildman–Crippen LogP) is 2.81. The highest BCUT2D eigenvalue weighted by Gasteiger charge is 2.00. The van der Waals surface area contributed by atoms with Crippen molar-refractivity contribution in [2.75, 3.05) is 11.1 Å². The Labute approximate surface area is 98.1 Å². The van der Waals surface area contributed by atoms with E-state index in [-0.39, 0.29) is 0 Å². The first-order valence-corrected chi connectivity index (χ1v) is 5.73. The topological polar surface area (TPSA) is 61.8 Å². The van der Waals surface area contributed by atoms with Crippen LogP contribution in [0.2, 0.25) is 0 Å². The molecule has 0 fully saturated rings. The van der Waals surface area contributed by atoms with E-state index in [4.69, 9.17) is 11.0 Å². The second-order valence-corrected chi connectivity index (χ2v) is 4.38. The van der Waals surface area contributed by atoms with Gasteiger partial charge in [-0.1, -0.05) is 6.07 Å². The van der Waals surface area contributed by atoms with E-state index >= 15 is 0 Å². The van der Waals surface area contributed by atoms with Crippen molar-refractivity contribution in [3.63, 3.8) is 0 Å². The first-order chi connectivity index (χ1) is 7.79. The summed E-state index contributed by atoms with van der Waals surface area (Å²) in [5.74, 6) is 0. The lowest BCUT2D eigenvalue weighted by atomic mass is 10.2. The van der Waals surface area contributed by atoms with E-state index in [2.05, 4.69) is 17.5 Å². The van der Waals surface area contributed by atoms with Crippen molar-refractivity contribution < 1.29 is 0 Å². The van der Waals surface area contributed by atoms with Crippen LogP contribution >= 0.6 is 11.3 Å². The first kappa shape index (κ1) is 10.5. The number of rotatable bonds is 3. The number of hydrogen-bond acceptors (Lipinski definition) is 4. The second-order valence-electron chi connectivity index (χ2n) is 3.35. The monoisotopic (exact) mass is 229 g/mol. The van der Waals surface area contributed by atoms with E-state index in [1.54, 1.807) is 23.5 Å². The van der Waals surface area contributed by atoms with Gasteiger partial charge in [0.15, 0.2) is 0 Å². The summed E-state index contributed by atoms with van der Waals surface area (Å²) in [6.07, 6.45) is 0. The Morgan fingerprint density at radius 2 is 2.25 bits per heavy atom. The van der Waals surface area contributed by atoms with Gasteiger partial charge in [0.1, 0.15) is 0 Å². The summed E-state index contributed by atoms with van der Waals surface area (Å²) in [6, 6.07) is 11.4. The number of nitrogen functional groups attached to an aromatic ring is 1. The molecule has 16 heavy (non-hydrogen) atoms. The second kappa shape index (κ2) is 4.69. The third-order valence-electron chi connectivity index (χ3n) is 2.21. The fourth-order valence-corrected chi connectivity index (χ4v) is 2.03. The zero-order chi connectivity index (χ0) is 11.4. The van der Waals surface area contributed by atoms with Gasteiger partial charge in [0.05, 0.1) is 23.0 Å². The van der Waals surface area contributed by atoms with Crippen molar-refractivity contribution in [3.8, 4) is 6.07 Å². The van der Waals surface area contributed by atoms with Crippen LogP contribution in [0.15, 0.2) is 35.7 Å². The molecule has 0 aliphatic heterocycles. The van der Waals surface area contributed by atoms with Crippen molar-refractivity contribution in [1.82, 2.24) is 0 Å². The lowest BCUT2D eigenvalue weighted by molar-refractivity contribution is 1.19. The number of thiophene rings is 1. The van der Waals surface area contributed by atoms with Crippen molar-refractivity contribution in [2.24, 2.45) is 0 Å². The molecular weight excluding hydrogens is 218 g/mol. The predicted molar refractivity (Wildman–Crippen MR) is 67.2 cm³/mol. The van der Waals surface area contributed by atoms with E-state index in [1.165, 1.54) is 4.88 Å². The quantitative estimate of drug-likeness (QED) is 0.795. The van der Waals surface area contributed by atoms with Crippen LogP contribution in [-0.4, -0.2) is 0 Å². The summed E-state index contributed by atoms with van der Waals surface area (Å²) >= 11 is 1.70. The molecule has 0 saturated carbocycles. The number of nitrogens with one attached hydrogen (secondary N) is 1. The van der Waals surface area contributed by atoms with Crippen molar-refractivity contribution >= 4 is 22.7 Å². The summed E-state index contributed by atoms with van der Waals surface area (Å²) in [5.41, 5.74) is 7.88. The van der Waals surface area contributed by atoms with Gasteiger partial charge >= 0.3 is 0 Å². The molecule has 2 aromatic rings. The summed E-state index contributed by atoms with van der Waals surface area (Å²) < 4.78 is 0. The Bertz CT molecular complexity index is 512. The highest BCUT2D eigenvalue weighted by molar-refractivity contribution is 7.09. The molecule has 0 aliphatic carbocycles. The standard InChI is InChI=1S/C12H11N3S/c13-7-9-3-4-12(11(14)6-9)15-8-10-2-1-5-16-10/h1-6,15H,8,14H2. The largest absolute Gasteiger partial charge is 0.397 e. The maximum absolute atomic E-state index is 8.71. The number of nitrogens with zero attached hydrogens (tertiary/aromatic N) is 1. The number of nitrogens with two attached hydrogens (primary N) is 1. The number of nitriles is 1. The van der Waals surface area contributed by atoms with Gasteiger partial charge in [0.2, 0.25) is 0 Å². The zero-order valence-electron chi connectivity index (χ0n) is 8.60.